The number of thiazole rings is 1. The lowest BCUT2D eigenvalue weighted by molar-refractivity contribution is 0.102. The van der Waals surface area contributed by atoms with Crippen molar-refractivity contribution in [3.63, 3.8) is 0 Å². The highest BCUT2D eigenvalue weighted by Gasteiger charge is 2.35. The van der Waals surface area contributed by atoms with E-state index in [-0.39, 0.29) is 11.5 Å². The van der Waals surface area contributed by atoms with Gasteiger partial charge in [0.25, 0.3) is 0 Å². The molecule has 1 heterocycles. The molecule has 1 saturated carbocycles. The number of rotatable bonds is 4. The number of anilines is 1. The Labute approximate surface area is 126 Å². The average Bonchev–Trinajstić information content (AvgIpc) is 3.04. The summed E-state index contributed by atoms with van der Waals surface area (Å²) in [5.41, 5.74) is 1.30. The molecule has 3 nitrogen and oxygen atoms in total. The highest BCUT2D eigenvalue weighted by atomic mass is 32.1. The van der Waals surface area contributed by atoms with Crippen LogP contribution >= 0.6 is 11.3 Å². The van der Waals surface area contributed by atoms with Gasteiger partial charge < -0.3 is 10.0 Å². The van der Waals surface area contributed by atoms with Crippen LogP contribution in [0.3, 0.4) is 0 Å². The monoisotopic (exact) mass is 294 g/mol. The number of hydrogen-bond donors (Lipinski definition) is 1. The molecule has 2 aliphatic carbocycles. The molecule has 0 amide bonds. The van der Waals surface area contributed by atoms with Crippen molar-refractivity contribution in [1.29, 1.82) is 0 Å². The van der Waals surface area contributed by atoms with E-state index in [0.29, 0.717) is 6.04 Å². The number of aliphatic hydroxyl groups is 1. The molecule has 1 N–H and O–H groups in total. The maximum atomic E-state index is 10.4. The molecule has 4 heteroatoms. The van der Waals surface area contributed by atoms with Gasteiger partial charge in [0.05, 0.1) is 16.7 Å². The van der Waals surface area contributed by atoms with Gasteiger partial charge in [-0.25, -0.2) is 4.98 Å². The molecule has 0 radical (unpaired) electrons. The summed E-state index contributed by atoms with van der Waals surface area (Å²) in [6.45, 7) is 10.1. The molecule has 0 saturated heterocycles. The second-order valence-electron chi connectivity index (χ2n) is 7.56. The van der Waals surface area contributed by atoms with Crippen LogP contribution in [0.2, 0.25) is 0 Å². The first kappa shape index (κ1) is 14.3. The second kappa shape index (κ2) is 4.99. The Morgan fingerprint density at radius 3 is 2.70 bits per heavy atom. The molecule has 0 aromatic carbocycles. The predicted octanol–water partition coefficient (Wildman–Crippen LogP) is 3.77. The minimum absolute atomic E-state index is 0.164. The smallest absolute Gasteiger partial charge is 0.186 e. The maximum Gasteiger partial charge on any atom is 0.186 e. The Kier molecular flexibility index (Phi) is 3.57. The van der Waals surface area contributed by atoms with Gasteiger partial charge in [0.1, 0.15) is 0 Å². The SMILES string of the molecule is CC(C)N(CC1CC1)c1nc2c(s1)C(O)CC(C)(C)C2. The van der Waals surface area contributed by atoms with Gasteiger partial charge in [0, 0.05) is 12.6 Å². The van der Waals surface area contributed by atoms with Crippen LogP contribution in [0.15, 0.2) is 0 Å². The summed E-state index contributed by atoms with van der Waals surface area (Å²) in [5.74, 6) is 0.861. The number of aromatic nitrogens is 1. The predicted molar refractivity (Wildman–Crippen MR) is 84.4 cm³/mol. The van der Waals surface area contributed by atoms with E-state index < -0.39 is 0 Å². The summed E-state index contributed by atoms with van der Waals surface area (Å²) < 4.78 is 0. The Balaban J connectivity index is 1.87. The number of nitrogens with zero attached hydrogens (tertiary/aromatic N) is 2. The van der Waals surface area contributed by atoms with Crippen LogP contribution in [0.5, 0.6) is 0 Å². The fraction of sp³-hybridized carbons (Fsp3) is 0.812. The third-order valence-electron chi connectivity index (χ3n) is 4.43. The third-order valence-corrected chi connectivity index (χ3v) is 5.67. The van der Waals surface area contributed by atoms with E-state index >= 15 is 0 Å². The molecular formula is C16H26N2OS. The first-order valence-electron chi connectivity index (χ1n) is 7.80. The molecule has 0 bridgehead atoms. The van der Waals surface area contributed by atoms with E-state index in [1.54, 1.807) is 11.3 Å². The van der Waals surface area contributed by atoms with E-state index in [1.165, 1.54) is 12.8 Å². The van der Waals surface area contributed by atoms with Crippen molar-refractivity contribution in [2.24, 2.45) is 11.3 Å². The minimum atomic E-state index is -0.324. The van der Waals surface area contributed by atoms with Crippen LogP contribution < -0.4 is 4.90 Å². The van der Waals surface area contributed by atoms with Gasteiger partial charge in [-0.15, -0.1) is 0 Å². The number of fused-ring (bicyclic) bond motifs is 1. The summed E-state index contributed by atoms with van der Waals surface area (Å²) in [7, 11) is 0. The first-order chi connectivity index (χ1) is 9.35. The molecule has 1 unspecified atom stereocenters. The molecule has 1 fully saturated rings. The van der Waals surface area contributed by atoms with Crippen LogP contribution in [-0.2, 0) is 6.42 Å². The Morgan fingerprint density at radius 1 is 1.40 bits per heavy atom. The molecule has 1 atom stereocenters. The highest BCUT2D eigenvalue weighted by molar-refractivity contribution is 7.15. The summed E-state index contributed by atoms with van der Waals surface area (Å²) in [6.07, 6.45) is 4.25. The summed E-state index contributed by atoms with van der Waals surface area (Å²) in [5, 5.41) is 11.5. The van der Waals surface area contributed by atoms with Gasteiger partial charge in [-0.1, -0.05) is 25.2 Å². The quantitative estimate of drug-likeness (QED) is 0.918. The lowest BCUT2D eigenvalue weighted by Gasteiger charge is -2.31. The Bertz CT molecular complexity index is 491. The minimum Gasteiger partial charge on any atom is -0.387 e. The van der Waals surface area contributed by atoms with Gasteiger partial charge in [-0.3, -0.25) is 0 Å². The third kappa shape index (κ3) is 2.86. The molecule has 3 rings (SSSR count). The zero-order valence-corrected chi connectivity index (χ0v) is 13.8. The van der Waals surface area contributed by atoms with Crippen molar-refractivity contribution in [3.05, 3.63) is 10.6 Å². The molecular weight excluding hydrogens is 268 g/mol. The molecule has 0 aliphatic heterocycles. The van der Waals surface area contributed by atoms with Crippen LogP contribution in [0.4, 0.5) is 5.13 Å². The maximum absolute atomic E-state index is 10.4. The summed E-state index contributed by atoms with van der Waals surface area (Å²) >= 11 is 1.72. The van der Waals surface area contributed by atoms with Gasteiger partial charge in [-0.2, -0.15) is 0 Å². The molecule has 112 valence electrons. The van der Waals surface area contributed by atoms with E-state index in [9.17, 15) is 5.11 Å². The van der Waals surface area contributed by atoms with Crippen LogP contribution in [-0.4, -0.2) is 22.7 Å². The van der Waals surface area contributed by atoms with E-state index in [4.69, 9.17) is 4.98 Å². The normalized spacial score (nSPS) is 24.8. The molecule has 20 heavy (non-hydrogen) atoms. The molecule has 0 spiro atoms. The summed E-state index contributed by atoms with van der Waals surface area (Å²) in [6, 6.07) is 0.480. The molecule has 1 aromatic heterocycles. The van der Waals surface area contributed by atoms with Gasteiger partial charge in [0.15, 0.2) is 5.13 Å². The second-order valence-corrected chi connectivity index (χ2v) is 8.57. The molecule has 2 aliphatic rings. The first-order valence-corrected chi connectivity index (χ1v) is 8.62. The van der Waals surface area contributed by atoms with Crippen molar-refractivity contribution < 1.29 is 5.11 Å². The van der Waals surface area contributed by atoms with E-state index in [0.717, 1.165) is 41.0 Å². The number of aliphatic hydroxyl groups excluding tert-OH is 1. The lowest BCUT2D eigenvalue weighted by atomic mass is 9.77. The summed E-state index contributed by atoms with van der Waals surface area (Å²) in [4.78, 5) is 8.43. The fourth-order valence-electron chi connectivity index (χ4n) is 3.09. The van der Waals surface area contributed by atoms with Crippen molar-refractivity contribution in [1.82, 2.24) is 4.98 Å². The van der Waals surface area contributed by atoms with Gasteiger partial charge in [-0.05, 0) is 50.9 Å². The average molecular weight is 294 g/mol. The van der Waals surface area contributed by atoms with Crippen molar-refractivity contribution >= 4 is 16.5 Å². The number of hydrogen-bond acceptors (Lipinski definition) is 4. The zero-order chi connectivity index (χ0) is 14.5. The van der Waals surface area contributed by atoms with Crippen molar-refractivity contribution in [2.45, 2.75) is 65.5 Å². The zero-order valence-electron chi connectivity index (χ0n) is 13.0. The van der Waals surface area contributed by atoms with Crippen molar-refractivity contribution in [3.8, 4) is 0 Å². The van der Waals surface area contributed by atoms with Crippen LogP contribution in [0, 0.1) is 11.3 Å². The van der Waals surface area contributed by atoms with E-state index in [2.05, 4.69) is 32.6 Å². The van der Waals surface area contributed by atoms with Crippen LogP contribution in [0.25, 0.3) is 0 Å². The Morgan fingerprint density at radius 2 is 2.10 bits per heavy atom. The standard InChI is InChI=1S/C16H26N2OS/c1-10(2)18(9-11-5-6-11)15-17-12-7-16(3,4)8-13(19)14(12)20-15/h10-11,13,19H,5-9H2,1-4H3. The fourth-order valence-corrected chi connectivity index (χ4v) is 4.30. The molecule has 1 aromatic rings. The van der Waals surface area contributed by atoms with Gasteiger partial charge in [0.2, 0.25) is 0 Å². The van der Waals surface area contributed by atoms with Crippen LogP contribution in [0.1, 0.15) is 63.6 Å². The highest BCUT2D eigenvalue weighted by Crippen LogP contribution is 2.45. The Hall–Kier alpha value is -0.610. The topological polar surface area (TPSA) is 36.4 Å². The van der Waals surface area contributed by atoms with Gasteiger partial charge >= 0.3 is 0 Å². The van der Waals surface area contributed by atoms with Crippen molar-refractivity contribution in [2.75, 3.05) is 11.4 Å². The largest absolute Gasteiger partial charge is 0.387 e. The van der Waals surface area contributed by atoms with E-state index in [1.807, 2.05) is 0 Å². The lowest BCUT2D eigenvalue weighted by Crippen LogP contribution is -2.32.